The van der Waals surface area contributed by atoms with Gasteiger partial charge in [-0.15, -0.1) is 0 Å². The SMILES string of the molecule is CC(C)C[C@H](CO)CNC(=O)OC(C)(C)C.S. The molecule has 0 spiro atoms. The highest BCUT2D eigenvalue weighted by Gasteiger charge is 2.17. The molecule has 4 nitrogen and oxygen atoms in total. The largest absolute Gasteiger partial charge is 0.444 e. The van der Waals surface area contributed by atoms with Crippen LogP contribution in [0.1, 0.15) is 41.0 Å². The van der Waals surface area contributed by atoms with Crippen LogP contribution in [0, 0.1) is 11.8 Å². The average molecular weight is 265 g/mol. The third-order valence-electron chi connectivity index (χ3n) is 2.00. The molecule has 0 fully saturated rings. The fraction of sp³-hybridized carbons (Fsp3) is 0.917. The lowest BCUT2D eigenvalue weighted by atomic mass is 9.98. The Hall–Kier alpha value is -0.420. The topological polar surface area (TPSA) is 58.6 Å². The minimum Gasteiger partial charge on any atom is -0.444 e. The molecule has 0 saturated heterocycles. The Bertz CT molecular complexity index is 214. The van der Waals surface area contributed by atoms with Gasteiger partial charge in [0.2, 0.25) is 0 Å². The lowest BCUT2D eigenvalue weighted by Crippen LogP contribution is -2.36. The zero-order valence-electron chi connectivity index (χ0n) is 11.5. The number of aliphatic hydroxyl groups excluding tert-OH is 1. The number of aliphatic hydroxyl groups is 1. The number of alkyl carbamates (subject to hydrolysis) is 1. The van der Waals surface area contributed by atoms with E-state index in [2.05, 4.69) is 19.2 Å². The summed E-state index contributed by atoms with van der Waals surface area (Å²) in [5.41, 5.74) is -0.475. The van der Waals surface area contributed by atoms with Crippen LogP contribution in [-0.4, -0.2) is 30.0 Å². The van der Waals surface area contributed by atoms with Gasteiger partial charge in [-0.25, -0.2) is 4.79 Å². The summed E-state index contributed by atoms with van der Waals surface area (Å²) in [6.07, 6.45) is 0.474. The second-order valence-electron chi connectivity index (χ2n) is 5.56. The van der Waals surface area contributed by atoms with E-state index in [1.807, 2.05) is 20.8 Å². The maximum Gasteiger partial charge on any atom is 0.407 e. The van der Waals surface area contributed by atoms with Gasteiger partial charge in [-0.05, 0) is 39.0 Å². The highest BCUT2D eigenvalue weighted by molar-refractivity contribution is 7.59. The maximum atomic E-state index is 11.3. The number of amides is 1. The summed E-state index contributed by atoms with van der Waals surface area (Å²) >= 11 is 0. The van der Waals surface area contributed by atoms with E-state index < -0.39 is 11.7 Å². The molecule has 5 heteroatoms. The molecule has 0 heterocycles. The maximum absolute atomic E-state index is 11.3. The molecule has 104 valence electrons. The van der Waals surface area contributed by atoms with Gasteiger partial charge in [-0.1, -0.05) is 13.8 Å². The first kappa shape index (κ1) is 18.9. The number of nitrogens with one attached hydrogen (secondary N) is 1. The molecule has 0 unspecified atom stereocenters. The van der Waals surface area contributed by atoms with Gasteiger partial charge < -0.3 is 15.2 Å². The molecule has 0 aliphatic rings. The fourth-order valence-corrected chi connectivity index (χ4v) is 1.43. The molecule has 0 bridgehead atoms. The van der Waals surface area contributed by atoms with Crippen molar-refractivity contribution in [3.8, 4) is 0 Å². The zero-order chi connectivity index (χ0) is 12.8. The van der Waals surface area contributed by atoms with Crippen molar-refractivity contribution in [3.63, 3.8) is 0 Å². The minimum absolute atomic E-state index is 0. The third kappa shape index (κ3) is 11.8. The van der Waals surface area contributed by atoms with Crippen molar-refractivity contribution in [2.45, 2.75) is 46.6 Å². The Labute approximate surface area is 112 Å². The highest BCUT2D eigenvalue weighted by Crippen LogP contribution is 2.11. The van der Waals surface area contributed by atoms with Gasteiger partial charge in [0.1, 0.15) is 5.60 Å². The molecule has 1 atom stereocenters. The Morgan fingerprint density at radius 3 is 2.24 bits per heavy atom. The van der Waals surface area contributed by atoms with Crippen molar-refractivity contribution in [2.24, 2.45) is 11.8 Å². The van der Waals surface area contributed by atoms with E-state index in [0.29, 0.717) is 12.5 Å². The molecule has 17 heavy (non-hydrogen) atoms. The van der Waals surface area contributed by atoms with E-state index in [9.17, 15) is 4.79 Å². The van der Waals surface area contributed by atoms with E-state index in [1.54, 1.807) is 0 Å². The van der Waals surface area contributed by atoms with E-state index >= 15 is 0 Å². The highest BCUT2D eigenvalue weighted by atomic mass is 32.1. The quantitative estimate of drug-likeness (QED) is 0.802. The van der Waals surface area contributed by atoms with Gasteiger partial charge in [-0.2, -0.15) is 13.5 Å². The van der Waals surface area contributed by atoms with Gasteiger partial charge in [0.05, 0.1) is 0 Å². The second-order valence-corrected chi connectivity index (χ2v) is 5.56. The fourth-order valence-electron chi connectivity index (χ4n) is 1.43. The Morgan fingerprint density at radius 1 is 1.35 bits per heavy atom. The van der Waals surface area contributed by atoms with Gasteiger partial charge in [0, 0.05) is 13.2 Å². The van der Waals surface area contributed by atoms with Crippen LogP contribution in [0.25, 0.3) is 0 Å². The molecule has 0 aromatic rings. The number of rotatable bonds is 5. The molecule has 0 aromatic carbocycles. The first-order chi connectivity index (χ1) is 7.24. The molecule has 2 N–H and O–H groups in total. The number of hydrogen-bond donors (Lipinski definition) is 2. The van der Waals surface area contributed by atoms with E-state index in [-0.39, 0.29) is 26.0 Å². The lowest BCUT2D eigenvalue weighted by molar-refractivity contribution is 0.0509. The monoisotopic (exact) mass is 265 g/mol. The Kier molecular flexibility index (Phi) is 9.62. The van der Waals surface area contributed by atoms with E-state index in [0.717, 1.165) is 6.42 Å². The summed E-state index contributed by atoms with van der Waals surface area (Å²) < 4.78 is 5.11. The Balaban J connectivity index is 0. The lowest BCUT2D eigenvalue weighted by Gasteiger charge is -2.21. The molecule has 0 rings (SSSR count). The van der Waals surface area contributed by atoms with E-state index in [4.69, 9.17) is 9.84 Å². The van der Waals surface area contributed by atoms with E-state index in [1.165, 1.54) is 0 Å². The first-order valence-electron chi connectivity index (χ1n) is 5.82. The minimum atomic E-state index is -0.475. The molecule has 0 aromatic heterocycles. The van der Waals surface area contributed by atoms with Crippen molar-refractivity contribution in [3.05, 3.63) is 0 Å². The van der Waals surface area contributed by atoms with Crippen molar-refractivity contribution in [2.75, 3.05) is 13.2 Å². The van der Waals surface area contributed by atoms with Crippen LogP contribution in [0.5, 0.6) is 0 Å². The summed E-state index contributed by atoms with van der Waals surface area (Å²) in [6.45, 7) is 10.2. The average Bonchev–Trinajstić information content (AvgIpc) is 2.08. The number of ether oxygens (including phenoxy) is 1. The molecule has 1 amide bonds. The zero-order valence-corrected chi connectivity index (χ0v) is 12.5. The molecule has 0 aliphatic carbocycles. The predicted octanol–water partition coefficient (Wildman–Crippen LogP) is 2.28. The molecule has 0 saturated carbocycles. The van der Waals surface area contributed by atoms with Gasteiger partial charge >= 0.3 is 6.09 Å². The summed E-state index contributed by atoms with van der Waals surface area (Å²) in [5, 5.41) is 11.8. The standard InChI is InChI=1S/C12H25NO3.H2S/c1-9(2)6-10(8-14)7-13-11(15)16-12(3,4)5;/h9-10,14H,6-8H2,1-5H3,(H,13,15);1H2/t10-;/m0./s1. The van der Waals surface area contributed by atoms with Crippen LogP contribution < -0.4 is 5.32 Å². The molecule has 0 aliphatic heterocycles. The summed E-state index contributed by atoms with van der Waals surface area (Å²) in [4.78, 5) is 11.3. The molecular weight excluding hydrogens is 238 g/mol. The van der Waals surface area contributed by atoms with Gasteiger partial charge in [0.15, 0.2) is 0 Å². The summed E-state index contributed by atoms with van der Waals surface area (Å²) in [6, 6.07) is 0. The van der Waals surface area contributed by atoms with Crippen LogP contribution >= 0.6 is 13.5 Å². The number of hydrogen-bond acceptors (Lipinski definition) is 3. The van der Waals surface area contributed by atoms with Gasteiger partial charge in [-0.3, -0.25) is 0 Å². The molecular formula is C12H27NO3S. The summed E-state index contributed by atoms with van der Waals surface area (Å²) in [7, 11) is 0. The number of carbonyl (C=O) groups excluding carboxylic acids is 1. The van der Waals surface area contributed by atoms with Crippen LogP contribution in [0.2, 0.25) is 0 Å². The normalized spacial score (nSPS) is 12.9. The van der Waals surface area contributed by atoms with Crippen LogP contribution in [0.15, 0.2) is 0 Å². The van der Waals surface area contributed by atoms with Crippen LogP contribution in [0.3, 0.4) is 0 Å². The van der Waals surface area contributed by atoms with Crippen LogP contribution in [-0.2, 0) is 4.74 Å². The second kappa shape index (κ2) is 8.64. The van der Waals surface area contributed by atoms with Crippen molar-refractivity contribution in [1.29, 1.82) is 0 Å². The van der Waals surface area contributed by atoms with Crippen molar-refractivity contribution in [1.82, 2.24) is 5.32 Å². The predicted molar refractivity (Wildman–Crippen MR) is 74.6 cm³/mol. The Morgan fingerprint density at radius 2 is 1.88 bits per heavy atom. The number of carbonyl (C=O) groups is 1. The molecule has 0 radical (unpaired) electrons. The smallest absolute Gasteiger partial charge is 0.407 e. The summed E-state index contributed by atoms with van der Waals surface area (Å²) in [5.74, 6) is 0.616. The third-order valence-corrected chi connectivity index (χ3v) is 2.00. The van der Waals surface area contributed by atoms with Crippen molar-refractivity contribution >= 4 is 19.6 Å². The van der Waals surface area contributed by atoms with Gasteiger partial charge in [0.25, 0.3) is 0 Å². The first-order valence-corrected chi connectivity index (χ1v) is 5.82. The van der Waals surface area contributed by atoms with Crippen molar-refractivity contribution < 1.29 is 14.6 Å². The van der Waals surface area contributed by atoms with Crippen LogP contribution in [0.4, 0.5) is 4.79 Å².